The van der Waals surface area contributed by atoms with Gasteiger partial charge in [0.1, 0.15) is 6.61 Å². The Morgan fingerprint density at radius 1 is 1.27 bits per heavy atom. The fourth-order valence-electron chi connectivity index (χ4n) is 1.95. The molecule has 0 spiro atoms. The van der Waals surface area contributed by atoms with Gasteiger partial charge in [0, 0.05) is 12.7 Å². The van der Waals surface area contributed by atoms with E-state index in [9.17, 15) is 18.0 Å². The molecule has 0 bridgehead atoms. The number of benzene rings is 1. The van der Waals surface area contributed by atoms with Crippen LogP contribution in [-0.4, -0.2) is 17.6 Å². The van der Waals surface area contributed by atoms with Gasteiger partial charge in [-0.15, -0.1) is 0 Å². The van der Waals surface area contributed by atoms with E-state index < -0.39 is 17.8 Å². The van der Waals surface area contributed by atoms with E-state index in [4.69, 9.17) is 16.3 Å². The van der Waals surface area contributed by atoms with Crippen molar-refractivity contribution in [3.05, 3.63) is 70.5 Å². The summed E-state index contributed by atoms with van der Waals surface area (Å²) in [6.45, 7) is 0.482. The zero-order valence-electron chi connectivity index (χ0n) is 13.6. The number of alkyl halides is 3. The zero-order chi connectivity index (χ0) is 19.0. The molecule has 1 aromatic heterocycles. The predicted octanol–water partition coefficient (Wildman–Crippen LogP) is 5.08. The van der Waals surface area contributed by atoms with Gasteiger partial charge < -0.3 is 10.1 Å². The van der Waals surface area contributed by atoms with Crippen molar-refractivity contribution < 1.29 is 22.7 Å². The van der Waals surface area contributed by atoms with Gasteiger partial charge >= 0.3 is 12.3 Å². The fraction of sp³-hybridized carbons (Fsp3) is 0.222. The maximum atomic E-state index is 12.5. The molecule has 8 heteroatoms. The summed E-state index contributed by atoms with van der Waals surface area (Å²) in [7, 11) is 0. The van der Waals surface area contributed by atoms with Crippen LogP contribution in [0.25, 0.3) is 6.08 Å². The molecule has 0 aliphatic heterocycles. The second kappa shape index (κ2) is 9.24. The van der Waals surface area contributed by atoms with Crippen LogP contribution in [-0.2, 0) is 17.5 Å². The number of carbonyl (C=O) groups excluding carboxylic acids is 1. The molecular weight excluding hydrogens is 369 g/mol. The van der Waals surface area contributed by atoms with E-state index in [0.29, 0.717) is 13.0 Å². The van der Waals surface area contributed by atoms with E-state index in [-0.39, 0.29) is 17.3 Å². The van der Waals surface area contributed by atoms with Crippen LogP contribution in [0.15, 0.2) is 48.7 Å². The van der Waals surface area contributed by atoms with Gasteiger partial charge in [-0.1, -0.05) is 48.0 Å². The summed E-state index contributed by atoms with van der Waals surface area (Å²) in [5, 5.41) is 2.48. The van der Waals surface area contributed by atoms with Crippen LogP contribution in [0.2, 0.25) is 5.02 Å². The van der Waals surface area contributed by atoms with E-state index in [2.05, 4.69) is 10.3 Å². The Hall–Kier alpha value is -2.54. The van der Waals surface area contributed by atoms with Crippen molar-refractivity contribution in [3.8, 4) is 0 Å². The summed E-state index contributed by atoms with van der Waals surface area (Å²) in [5.74, 6) is 0. The van der Waals surface area contributed by atoms with Crippen LogP contribution in [0.3, 0.4) is 0 Å². The van der Waals surface area contributed by atoms with Crippen molar-refractivity contribution in [1.82, 2.24) is 10.3 Å². The van der Waals surface area contributed by atoms with E-state index in [1.807, 2.05) is 30.3 Å². The highest BCUT2D eigenvalue weighted by molar-refractivity contribution is 6.31. The van der Waals surface area contributed by atoms with Crippen LogP contribution in [0.1, 0.15) is 23.2 Å². The second-order valence-electron chi connectivity index (χ2n) is 5.27. The number of nitrogens with zero attached hydrogens (tertiary/aromatic N) is 1. The Morgan fingerprint density at radius 3 is 2.65 bits per heavy atom. The van der Waals surface area contributed by atoms with Gasteiger partial charge in [-0.2, -0.15) is 13.2 Å². The van der Waals surface area contributed by atoms with Crippen molar-refractivity contribution in [2.75, 3.05) is 6.54 Å². The lowest BCUT2D eigenvalue weighted by Gasteiger charge is -2.07. The Balaban J connectivity index is 1.73. The predicted molar refractivity (Wildman–Crippen MR) is 92.5 cm³/mol. The third-order valence-electron chi connectivity index (χ3n) is 3.27. The van der Waals surface area contributed by atoms with E-state index in [0.717, 1.165) is 17.8 Å². The summed E-state index contributed by atoms with van der Waals surface area (Å²) in [6, 6.07) is 10.1. The Bertz CT molecular complexity index is 765. The molecular formula is C18H16ClF3N2O2. The molecule has 0 radical (unpaired) electrons. The molecule has 0 saturated carbocycles. The first-order valence-electron chi connectivity index (χ1n) is 7.70. The number of hydrogen-bond acceptors (Lipinski definition) is 3. The number of pyridine rings is 1. The highest BCUT2D eigenvalue weighted by Gasteiger charge is 2.31. The quantitative estimate of drug-likeness (QED) is 0.706. The number of carbonyl (C=O) groups is 1. The second-order valence-corrected chi connectivity index (χ2v) is 5.68. The minimum atomic E-state index is -4.48. The lowest BCUT2D eigenvalue weighted by Crippen LogP contribution is -2.24. The van der Waals surface area contributed by atoms with Crippen molar-refractivity contribution in [2.24, 2.45) is 0 Å². The summed E-state index contributed by atoms with van der Waals surface area (Å²) in [6.07, 6.45) is -0.709. The fourth-order valence-corrected chi connectivity index (χ4v) is 2.18. The summed E-state index contributed by atoms with van der Waals surface area (Å²) in [4.78, 5) is 15.2. The Kier molecular flexibility index (Phi) is 7.03. The first kappa shape index (κ1) is 19.8. The van der Waals surface area contributed by atoms with Gasteiger partial charge in [0.25, 0.3) is 0 Å². The number of alkyl carbamates (subject to hydrolysis) is 1. The summed E-state index contributed by atoms with van der Waals surface area (Å²) < 4.78 is 42.6. The van der Waals surface area contributed by atoms with Gasteiger partial charge in [-0.3, -0.25) is 4.98 Å². The number of halogens is 4. The van der Waals surface area contributed by atoms with Crippen LogP contribution >= 0.6 is 11.6 Å². The molecule has 138 valence electrons. The number of amides is 1. The molecule has 2 rings (SSSR count). The number of aromatic nitrogens is 1. The average Bonchev–Trinajstić information content (AvgIpc) is 2.61. The molecule has 2 aromatic rings. The minimum absolute atomic E-state index is 0.0914. The van der Waals surface area contributed by atoms with Crippen LogP contribution in [0, 0.1) is 0 Å². The maximum Gasteiger partial charge on any atom is 0.417 e. The Morgan fingerprint density at radius 2 is 2.00 bits per heavy atom. The van der Waals surface area contributed by atoms with Crippen molar-refractivity contribution in [1.29, 1.82) is 0 Å². The van der Waals surface area contributed by atoms with Crippen molar-refractivity contribution in [2.45, 2.75) is 19.2 Å². The van der Waals surface area contributed by atoms with Crippen LogP contribution < -0.4 is 5.32 Å². The van der Waals surface area contributed by atoms with Crippen LogP contribution in [0.4, 0.5) is 18.0 Å². The van der Waals surface area contributed by atoms with E-state index in [1.54, 1.807) is 6.08 Å². The number of rotatable bonds is 6. The summed E-state index contributed by atoms with van der Waals surface area (Å²) in [5.41, 5.74) is 0.208. The molecule has 4 nitrogen and oxygen atoms in total. The molecule has 0 aliphatic rings. The number of hydrogen-bond donors (Lipinski definition) is 1. The first-order valence-corrected chi connectivity index (χ1v) is 8.08. The topological polar surface area (TPSA) is 51.2 Å². The molecule has 0 unspecified atom stereocenters. The van der Waals surface area contributed by atoms with E-state index >= 15 is 0 Å². The third kappa shape index (κ3) is 6.40. The average molecular weight is 385 g/mol. The molecule has 1 heterocycles. The monoisotopic (exact) mass is 384 g/mol. The summed E-state index contributed by atoms with van der Waals surface area (Å²) >= 11 is 5.79. The molecule has 1 amide bonds. The van der Waals surface area contributed by atoms with Gasteiger partial charge in [0.05, 0.1) is 16.3 Å². The van der Waals surface area contributed by atoms with Crippen molar-refractivity contribution >= 4 is 23.8 Å². The third-order valence-corrected chi connectivity index (χ3v) is 3.57. The SMILES string of the molecule is O=C(NCCC=Cc1ncc(C(F)(F)F)cc1Cl)OCc1ccccc1. The van der Waals surface area contributed by atoms with Crippen molar-refractivity contribution in [3.63, 3.8) is 0 Å². The van der Waals surface area contributed by atoms with Crippen LogP contribution in [0.5, 0.6) is 0 Å². The van der Waals surface area contributed by atoms with Gasteiger partial charge in [0.15, 0.2) is 0 Å². The van der Waals surface area contributed by atoms with Gasteiger partial charge in [0.2, 0.25) is 0 Å². The maximum absolute atomic E-state index is 12.5. The van der Waals surface area contributed by atoms with Gasteiger partial charge in [-0.25, -0.2) is 4.79 Å². The number of ether oxygens (including phenoxy) is 1. The smallest absolute Gasteiger partial charge is 0.417 e. The molecule has 1 N–H and O–H groups in total. The highest BCUT2D eigenvalue weighted by atomic mass is 35.5. The Labute approximate surface area is 153 Å². The lowest BCUT2D eigenvalue weighted by atomic mass is 10.2. The standard InChI is InChI=1S/C18H16ClF3N2O2/c19-15-10-14(18(20,21)22)11-24-16(15)8-4-5-9-23-17(25)26-12-13-6-2-1-3-7-13/h1-4,6-8,10-11H,5,9,12H2,(H,23,25). The molecule has 1 aromatic carbocycles. The normalized spacial score (nSPS) is 11.5. The van der Waals surface area contributed by atoms with Gasteiger partial charge in [-0.05, 0) is 24.1 Å². The first-order chi connectivity index (χ1) is 12.4. The molecule has 0 aliphatic carbocycles. The molecule has 0 saturated heterocycles. The largest absolute Gasteiger partial charge is 0.445 e. The molecule has 0 fully saturated rings. The minimum Gasteiger partial charge on any atom is -0.445 e. The lowest BCUT2D eigenvalue weighted by molar-refractivity contribution is -0.137. The molecule has 26 heavy (non-hydrogen) atoms. The highest BCUT2D eigenvalue weighted by Crippen LogP contribution is 2.31. The van der Waals surface area contributed by atoms with E-state index in [1.165, 1.54) is 6.08 Å². The number of nitrogens with one attached hydrogen (secondary N) is 1. The zero-order valence-corrected chi connectivity index (χ0v) is 14.3. The molecule has 0 atom stereocenters.